The molecule has 0 radical (unpaired) electrons. The number of rotatable bonds is 2. The van der Waals surface area contributed by atoms with Gasteiger partial charge in [-0.15, -0.1) is 0 Å². The second-order valence-corrected chi connectivity index (χ2v) is 7.46. The van der Waals surface area contributed by atoms with Crippen LogP contribution in [0.15, 0.2) is 0 Å². The third-order valence-electron chi connectivity index (χ3n) is 5.94. The van der Waals surface area contributed by atoms with Crippen LogP contribution in [0.1, 0.15) is 51.4 Å². The number of nitrogens with one attached hydrogen (secondary N) is 1. The van der Waals surface area contributed by atoms with E-state index in [1.54, 1.807) is 0 Å². The van der Waals surface area contributed by atoms with E-state index in [1.165, 1.54) is 45.1 Å². The predicted octanol–water partition coefficient (Wildman–Crippen LogP) is 1.85. The maximum atomic E-state index is 12.8. The van der Waals surface area contributed by atoms with Gasteiger partial charge in [0.2, 0.25) is 5.91 Å². The van der Waals surface area contributed by atoms with Crippen LogP contribution >= 0.6 is 0 Å². The van der Waals surface area contributed by atoms with Crippen molar-refractivity contribution in [2.45, 2.75) is 69.5 Å². The van der Waals surface area contributed by atoms with Crippen molar-refractivity contribution in [1.29, 1.82) is 0 Å². The summed E-state index contributed by atoms with van der Waals surface area (Å²) >= 11 is 0. The maximum absolute atomic E-state index is 12.8. The molecule has 4 nitrogen and oxygen atoms in total. The molecule has 4 unspecified atom stereocenters. The number of hydrogen-bond acceptors (Lipinski definition) is 3. The zero-order chi connectivity index (χ0) is 14.8. The minimum absolute atomic E-state index is 0.0709. The number of carbonyl (C=O) groups excluding carboxylic acids is 1. The summed E-state index contributed by atoms with van der Waals surface area (Å²) in [6.45, 7) is 2.20. The van der Waals surface area contributed by atoms with E-state index in [-0.39, 0.29) is 6.04 Å². The summed E-state index contributed by atoms with van der Waals surface area (Å²) < 4.78 is 0. The number of fused-ring (bicyclic) bond motifs is 1. The summed E-state index contributed by atoms with van der Waals surface area (Å²) in [4.78, 5) is 17.2. The van der Waals surface area contributed by atoms with E-state index in [0.29, 0.717) is 18.0 Å². The lowest BCUT2D eigenvalue weighted by Gasteiger charge is -2.43. The molecule has 4 heteroatoms. The van der Waals surface area contributed by atoms with Gasteiger partial charge >= 0.3 is 0 Å². The highest BCUT2D eigenvalue weighted by Gasteiger charge is 2.36. The molecule has 1 saturated carbocycles. The number of piperidine rings is 2. The standard InChI is InChI=1S/C17H31N3O/c1-19-11-5-7-14(12-19)20(2)17(21)16-10-9-13-6-3-4-8-15(13)18-16/h13-16,18H,3-12H2,1-2H3. The lowest BCUT2D eigenvalue weighted by molar-refractivity contribution is -0.136. The zero-order valence-electron chi connectivity index (χ0n) is 13.7. The first-order chi connectivity index (χ1) is 10.1. The molecule has 0 spiro atoms. The number of likely N-dealkylation sites (tertiary alicyclic amines) is 1. The van der Waals surface area contributed by atoms with Gasteiger partial charge in [0.05, 0.1) is 6.04 Å². The van der Waals surface area contributed by atoms with Gasteiger partial charge in [-0.3, -0.25) is 4.79 Å². The van der Waals surface area contributed by atoms with Crippen LogP contribution in [0, 0.1) is 5.92 Å². The number of hydrogen-bond donors (Lipinski definition) is 1. The van der Waals surface area contributed by atoms with E-state index in [9.17, 15) is 4.79 Å². The summed E-state index contributed by atoms with van der Waals surface area (Å²) in [6, 6.07) is 1.08. The highest BCUT2D eigenvalue weighted by molar-refractivity contribution is 5.82. The fourth-order valence-corrected chi connectivity index (χ4v) is 4.57. The summed E-state index contributed by atoms with van der Waals surface area (Å²) in [7, 11) is 4.18. The van der Waals surface area contributed by atoms with Crippen molar-refractivity contribution < 1.29 is 4.79 Å². The van der Waals surface area contributed by atoms with Crippen LogP contribution in [-0.4, -0.2) is 61.0 Å². The average Bonchev–Trinajstić information content (AvgIpc) is 2.53. The average molecular weight is 293 g/mol. The van der Waals surface area contributed by atoms with Crippen molar-refractivity contribution >= 4 is 5.91 Å². The SMILES string of the molecule is CN1CCCC(N(C)C(=O)C2CCC3CCCCC3N2)C1. The molecule has 3 rings (SSSR count). The highest BCUT2D eigenvalue weighted by atomic mass is 16.2. The molecule has 3 aliphatic rings. The van der Waals surface area contributed by atoms with Gasteiger partial charge < -0.3 is 15.1 Å². The molecular weight excluding hydrogens is 262 g/mol. The zero-order valence-corrected chi connectivity index (χ0v) is 13.7. The summed E-state index contributed by atoms with van der Waals surface area (Å²) in [5.41, 5.74) is 0. The lowest BCUT2D eigenvalue weighted by atomic mass is 9.77. The van der Waals surface area contributed by atoms with Gasteiger partial charge in [0, 0.05) is 25.7 Å². The topological polar surface area (TPSA) is 35.6 Å². The fraction of sp³-hybridized carbons (Fsp3) is 0.941. The summed E-state index contributed by atoms with van der Waals surface area (Å²) in [5.74, 6) is 1.16. The Morgan fingerprint density at radius 2 is 1.90 bits per heavy atom. The largest absolute Gasteiger partial charge is 0.340 e. The van der Waals surface area contributed by atoms with Crippen LogP contribution < -0.4 is 5.32 Å². The second kappa shape index (κ2) is 6.66. The monoisotopic (exact) mass is 293 g/mol. The van der Waals surface area contributed by atoms with E-state index in [2.05, 4.69) is 17.3 Å². The Hall–Kier alpha value is -0.610. The molecular formula is C17H31N3O. The molecule has 3 fully saturated rings. The second-order valence-electron chi connectivity index (χ2n) is 7.46. The van der Waals surface area contributed by atoms with Crippen LogP contribution in [0.2, 0.25) is 0 Å². The van der Waals surface area contributed by atoms with Crippen molar-refractivity contribution in [3.8, 4) is 0 Å². The molecule has 0 aromatic rings. The van der Waals surface area contributed by atoms with E-state index in [0.717, 1.165) is 25.3 Å². The molecule has 0 aromatic carbocycles. The quantitative estimate of drug-likeness (QED) is 0.844. The van der Waals surface area contributed by atoms with E-state index >= 15 is 0 Å². The first kappa shape index (κ1) is 15.3. The van der Waals surface area contributed by atoms with Gasteiger partial charge in [0.1, 0.15) is 0 Å². The lowest BCUT2D eigenvalue weighted by Crippen LogP contribution is -2.58. The van der Waals surface area contributed by atoms with Gasteiger partial charge in [0.25, 0.3) is 0 Å². The first-order valence-electron chi connectivity index (χ1n) is 8.86. The molecule has 0 aromatic heterocycles. The van der Waals surface area contributed by atoms with Gasteiger partial charge in [-0.2, -0.15) is 0 Å². The summed E-state index contributed by atoms with van der Waals surface area (Å²) in [6.07, 6.45) is 9.99. The number of likely N-dealkylation sites (N-methyl/N-ethyl adjacent to an activating group) is 2. The molecule has 1 N–H and O–H groups in total. The molecule has 120 valence electrons. The number of amides is 1. The van der Waals surface area contributed by atoms with Crippen LogP contribution in [0.4, 0.5) is 0 Å². The first-order valence-corrected chi connectivity index (χ1v) is 8.86. The van der Waals surface area contributed by atoms with Crippen LogP contribution in [0.5, 0.6) is 0 Å². The molecule has 0 bridgehead atoms. The normalized spacial score (nSPS) is 37.8. The van der Waals surface area contributed by atoms with Gasteiger partial charge in [-0.1, -0.05) is 12.8 Å². The third kappa shape index (κ3) is 3.42. The van der Waals surface area contributed by atoms with E-state index in [1.807, 2.05) is 11.9 Å². The number of carbonyl (C=O) groups is 1. The fourth-order valence-electron chi connectivity index (χ4n) is 4.57. The Labute approximate surface area is 129 Å². The maximum Gasteiger partial charge on any atom is 0.239 e. The highest BCUT2D eigenvalue weighted by Crippen LogP contribution is 2.32. The molecule has 1 aliphatic carbocycles. The third-order valence-corrected chi connectivity index (χ3v) is 5.94. The van der Waals surface area contributed by atoms with Crippen molar-refractivity contribution in [1.82, 2.24) is 15.1 Å². The molecule has 2 saturated heterocycles. The smallest absolute Gasteiger partial charge is 0.239 e. The Kier molecular flexibility index (Phi) is 4.85. The molecule has 2 aliphatic heterocycles. The Balaban J connectivity index is 1.57. The minimum Gasteiger partial charge on any atom is -0.340 e. The van der Waals surface area contributed by atoms with Crippen LogP contribution in [-0.2, 0) is 4.79 Å². The molecule has 21 heavy (non-hydrogen) atoms. The van der Waals surface area contributed by atoms with Crippen LogP contribution in [0.25, 0.3) is 0 Å². The van der Waals surface area contributed by atoms with Crippen molar-refractivity contribution in [2.24, 2.45) is 5.92 Å². The predicted molar refractivity (Wildman–Crippen MR) is 85.2 cm³/mol. The van der Waals surface area contributed by atoms with Crippen molar-refractivity contribution in [3.05, 3.63) is 0 Å². The summed E-state index contributed by atoms with van der Waals surface area (Å²) in [5, 5.41) is 3.68. The van der Waals surface area contributed by atoms with Gasteiger partial charge in [-0.05, 0) is 58.0 Å². The van der Waals surface area contributed by atoms with Gasteiger partial charge in [-0.25, -0.2) is 0 Å². The van der Waals surface area contributed by atoms with Crippen molar-refractivity contribution in [3.63, 3.8) is 0 Å². The van der Waals surface area contributed by atoms with E-state index < -0.39 is 0 Å². The Morgan fingerprint density at radius 1 is 1.10 bits per heavy atom. The molecule has 2 heterocycles. The Bertz CT molecular complexity index is 373. The van der Waals surface area contributed by atoms with Crippen LogP contribution in [0.3, 0.4) is 0 Å². The number of nitrogens with zero attached hydrogens (tertiary/aromatic N) is 2. The van der Waals surface area contributed by atoms with Crippen molar-refractivity contribution in [2.75, 3.05) is 27.2 Å². The van der Waals surface area contributed by atoms with E-state index in [4.69, 9.17) is 0 Å². The molecule has 1 amide bonds. The Morgan fingerprint density at radius 3 is 2.71 bits per heavy atom. The molecule has 4 atom stereocenters. The minimum atomic E-state index is 0.0709. The van der Waals surface area contributed by atoms with Gasteiger partial charge in [0.15, 0.2) is 0 Å².